The Morgan fingerprint density at radius 1 is 1.17 bits per heavy atom. The molecule has 7 heteroatoms. The van der Waals surface area contributed by atoms with Crippen molar-refractivity contribution < 1.29 is 17.6 Å². The minimum absolute atomic E-state index is 0.228. The lowest BCUT2D eigenvalue weighted by Gasteiger charge is -2.28. The molecule has 1 amide bonds. The molecule has 24 heavy (non-hydrogen) atoms. The Morgan fingerprint density at radius 2 is 1.79 bits per heavy atom. The molecule has 2 aromatic carbocycles. The number of carbonyl (C=O) groups is 1. The number of carbonyl (C=O) groups excluding carboxylic acids is 1. The van der Waals surface area contributed by atoms with Gasteiger partial charge in [0.15, 0.2) is 0 Å². The predicted molar refractivity (Wildman–Crippen MR) is 93.0 cm³/mol. The van der Waals surface area contributed by atoms with Crippen molar-refractivity contribution in [3.63, 3.8) is 0 Å². The number of anilines is 2. The van der Waals surface area contributed by atoms with Crippen LogP contribution in [-0.2, 0) is 14.8 Å². The van der Waals surface area contributed by atoms with Gasteiger partial charge in [-0.3, -0.25) is 9.10 Å². The van der Waals surface area contributed by atoms with Gasteiger partial charge in [-0.25, -0.2) is 12.8 Å². The van der Waals surface area contributed by atoms with Gasteiger partial charge < -0.3 is 5.32 Å². The van der Waals surface area contributed by atoms with E-state index in [1.807, 2.05) is 13.0 Å². The number of rotatable bonds is 5. The number of hydrogen-bond donors (Lipinski definition) is 1. The molecule has 0 radical (unpaired) electrons. The average molecular weight is 350 g/mol. The van der Waals surface area contributed by atoms with E-state index in [2.05, 4.69) is 5.32 Å². The van der Waals surface area contributed by atoms with Crippen molar-refractivity contribution in [3.05, 3.63) is 59.9 Å². The Kier molecular flexibility index (Phi) is 5.23. The molecule has 0 bridgehead atoms. The molecule has 0 spiro atoms. The molecule has 2 aromatic rings. The normalized spacial score (nSPS) is 12.5. The summed E-state index contributed by atoms with van der Waals surface area (Å²) in [5.74, 6) is -0.959. The number of sulfonamides is 1. The molecule has 0 aliphatic rings. The number of hydrogen-bond acceptors (Lipinski definition) is 3. The van der Waals surface area contributed by atoms with Crippen LogP contribution < -0.4 is 9.62 Å². The molecule has 0 saturated carbocycles. The average Bonchev–Trinajstić information content (AvgIpc) is 2.48. The van der Waals surface area contributed by atoms with Crippen molar-refractivity contribution in [2.75, 3.05) is 15.9 Å². The third kappa shape index (κ3) is 4.32. The molecule has 0 aromatic heterocycles. The second kappa shape index (κ2) is 7.00. The number of amides is 1. The Bertz CT molecular complexity index is 835. The van der Waals surface area contributed by atoms with Gasteiger partial charge in [0.05, 0.1) is 11.9 Å². The van der Waals surface area contributed by atoms with Crippen LogP contribution in [0.3, 0.4) is 0 Å². The van der Waals surface area contributed by atoms with Gasteiger partial charge in [-0.05, 0) is 55.8 Å². The molecule has 0 fully saturated rings. The van der Waals surface area contributed by atoms with Crippen molar-refractivity contribution in [3.8, 4) is 0 Å². The van der Waals surface area contributed by atoms with Gasteiger partial charge in [-0.15, -0.1) is 0 Å². The van der Waals surface area contributed by atoms with Crippen LogP contribution in [0.15, 0.2) is 48.5 Å². The third-order valence-electron chi connectivity index (χ3n) is 3.46. The fourth-order valence-electron chi connectivity index (χ4n) is 2.37. The lowest BCUT2D eigenvalue weighted by molar-refractivity contribution is -0.116. The van der Waals surface area contributed by atoms with Gasteiger partial charge in [0.2, 0.25) is 15.9 Å². The van der Waals surface area contributed by atoms with Gasteiger partial charge in [0.1, 0.15) is 11.9 Å². The van der Waals surface area contributed by atoms with Gasteiger partial charge in [-0.1, -0.05) is 12.1 Å². The smallest absolute Gasteiger partial charge is 0.247 e. The highest BCUT2D eigenvalue weighted by Gasteiger charge is 2.29. The van der Waals surface area contributed by atoms with Gasteiger partial charge >= 0.3 is 0 Å². The first-order chi connectivity index (χ1) is 11.2. The fraction of sp³-hybridized carbons (Fsp3) is 0.235. The van der Waals surface area contributed by atoms with Gasteiger partial charge in [-0.2, -0.15) is 0 Å². The molecule has 0 saturated heterocycles. The predicted octanol–water partition coefficient (Wildman–Crippen LogP) is 2.93. The Balaban J connectivity index is 2.29. The Hall–Kier alpha value is -2.41. The van der Waals surface area contributed by atoms with Crippen molar-refractivity contribution in [1.82, 2.24) is 0 Å². The quantitative estimate of drug-likeness (QED) is 0.902. The topological polar surface area (TPSA) is 66.5 Å². The first-order valence-electron chi connectivity index (χ1n) is 7.31. The SMILES string of the molecule is Cc1cccc(NC(=O)C(C)N(c2ccc(F)cc2)S(C)(=O)=O)c1. The summed E-state index contributed by atoms with van der Waals surface area (Å²) in [6.07, 6.45) is 1.01. The molecule has 0 aliphatic heterocycles. The maximum Gasteiger partial charge on any atom is 0.247 e. The number of aryl methyl sites for hydroxylation is 1. The minimum Gasteiger partial charge on any atom is -0.324 e. The summed E-state index contributed by atoms with van der Waals surface area (Å²) < 4.78 is 38.3. The lowest BCUT2D eigenvalue weighted by atomic mass is 10.2. The highest BCUT2D eigenvalue weighted by molar-refractivity contribution is 7.92. The second-order valence-corrected chi connectivity index (χ2v) is 7.43. The van der Waals surface area contributed by atoms with Crippen molar-refractivity contribution in [2.45, 2.75) is 19.9 Å². The zero-order valence-corrected chi connectivity index (χ0v) is 14.5. The summed E-state index contributed by atoms with van der Waals surface area (Å²) in [5, 5.41) is 2.70. The van der Waals surface area contributed by atoms with Crippen LogP contribution in [0.1, 0.15) is 12.5 Å². The van der Waals surface area contributed by atoms with E-state index < -0.39 is 27.8 Å². The first kappa shape index (κ1) is 17.9. The standard InChI is InChI=1S/C17H19FN2O3S/c1-12-5-4-6-15(11-12)19-17(21)13(2)20(24(3,22)23)16-9-7-14(18)8-10-16/h4-11,13H,1-3H3,(H,19,21). The molecule has 1 N–H and O–H groups in total. The second-order valence-electron chi connectivity index (χ2n) is 5.57. The zero-order valence-electron chi connectivity index (χ0n) is 13.7. The van der Waals surface area contributed by atoms with Gasteiger partial charge in [0, 0.05) is 5.69 Å². The molecule has 0 heterocycles. The van der Waals surface area contributed by atoms with Crippen molar-refractivity contribution >= 4 is 27.3 Å². The van der Waals surface area contributed by atoms with Crippen LogP contribution in [0.2, 0.25) is 0 Å². The Morgan fingerprint density at radius 3 is 2.33 bits per heavy atom. The molecule has 5 nitrogen and oxygen atoms in total. The summed E-state index contributed by atoms with van der Waals surface area (Å²) in [5.41, 5.74) is 1.78. The maximum atomic E-state index is 13.1. The van der Waals surface area contributed by atoms with Crippen LogP contribution in [0.5, 0.6) is 0 Å². The Labute approximate surface area is 141 Å². The molecular weight excluding hydrogens is 331 g/mol. The fourth-order valence-corrected chi connectivity index (χ4v) is 3.54. The van der Waals surface area contributed by atoms with E-state index >= 15 is 0 Å². The van der Waals surface area contributed by atoms with Crippen molar-refractivity contribution in [2.24, 2.45) is 0 Å². The van der Waals surface area contributed by atoms with Crippen LogP contribution in [0.25, 0.3) is 0 Å². The monoisotopic (exact) mass is 350 g/mol. The number of nitrogens with zero attached hydrogens (tertiary/aromatic N) is 1. The zero-order chi connectivity index (χ0) is 17.9. The summed E-state index contributed by atoms with van der Waals surface area (Å²) in [6, 6.07) is 11.2. The molecule has 0 aliphatic carbocycles. The van der Waals surface area contributed by atoms with E-state index in [0.717, 1.165) is 28.3 Å². The largest absolute Gasteiger partial charge is 0.324 e. The van der Waals surface area contributed by atoms with E-state index in [9.17, 15) is 17.6 Å². The van der Waals surface area contributed by atoms with Crippen LogP contribution in [-0.4, -0.2) is 26.6 Å². The van der Waals surface area contributed by atoms with Crippen LogP contribution in [0.4, 0.5) is 15.8 Å². The van der Waals surface area contributed by atoms with Crippen molar-refractivity contribution in [1.29, 1.82) is 0 Å². The van der Waals surface area contributed by atoms with E-state index in [4.69, 9.17) is 0 Å². The molecular formula is C17H19FN2O3S. The molecule has 128 valence electrons. The highest BCUT2D eigenvalue weighted by atomic mass is 32.2. The lowest BCUT2D eigenvalue weighted by Crippen LogP contribution is -2.45. The molecule has 1 atom stereocenters. The molecule has 1 unspecified atom stereocenters. The number of nitrogens with one attached hydrogen (secondary N) is 1. The van der Waals surface area contributed by atoms with E-state index in [1.54, 1.807) is 18.2 Å². The summed E-state index contributed by atoms with van der Waals surface area (Å²) in [6.45, 7) is 3.37. The third-order valence-corrected chi connectivity index (χ3v) is 4.70. The minimum atomic E-state index is -3.73. The first-order valence-corrected chi connectivity index (χ1v) is 9.16. The van der Waals surface area contributed by atoms with E-state index in [1.165, 1.54) is 19.1 Å². The van der Waals surface area contributed by atoms with Crippen LogP contribution >= 0.6 is 0 Å². The van der Waals surface area contributed by atoms with Gasteiger partial charge in [0.25, 0.3) is 0 Å². The van der Waals surface area contributed by atoms with E-state index in [-0.39, 0.29) is 5.69 Å². The van der Waals surface area contributed by atoms with Crippen LogP contribution in [0, 0.1) is 12.7 Å². The number of halogens is 1. The van der Waals surface area contributed by atoms with E-state index in [0.29, 0.717) is 5.69 Å². The maximum absolute atomic E-state index is 13.1. The summed E-state index contributed by atoms with van der Waals surface area (Å²) in [4.78, 5) is 12.5. The summed E-state index contributed by atoms with van der Waals surface area (Å²) in [7, 11) is -3.73. The highest BCUT2D eigenvalue weighted by Crippen LogP contribution is 2.22. The molecule has 2 rings (SSSR count). The summed E-state index contributed by atoms with van der Waals surface area (Å²) >= 11 is 0. The number of benzene rings is 2.